The Morgan fingerprint density at radius 3 is 2.46 bits per heavy atom. The lowest BCUT2D eigenvalue weighted by molar-refractivity contribution is 0.0941. The van der Waals surface area contributed by atoms with E-state index in [-0.39, 0.29) is 11.8 Å². The minimum Gasteiger partial charge on any atom is -0.497 e. The average Bonchev–Trinajstić information content (AvgIpc) is 2.96. The normalized spacial score (nSPS) is 10.6. The van der Waals surface area contributed by atoms with Crippen LogP contribution in [0.25, 0.3) is 10.9 Å². The summed E-state index contributed by atoms with van der Waals surface area (Å²) in [6.45, 7) is 1.46. The van der Waals surface area contributed by atoms with Crippen molar-refractivity contribution in [3.8, 4) is 5.75 Å². The van der Waals surface area contributed by atoms with Crippen LogP contribution >= 0.6 is 15.9 Å². The molecule has 0 atom stereocenters. The highest BCUT2D eigenvalue weighted by molar-refractivity contribution is 9.10. The monoisotopic (exact) mass is 386 g/mol. The predicted octanol–water partition coefficient (Wildman–Crippen LogP) is 4.32. The summed E-state index contributed by atoms with van der Waals surface area (Å²) in [5.74, 6) is 0.185. The van der Waals surface area contributed by atoms with E-state index < -0.39 is 0 Å². The fourth-order valence-electron chi connectivity index (χ4n) is 2.51. The quantitative estimate of drug-likeness (QED) is 0.728. The number of carbonyl (C=O) groups excluding carboxylic acids is 2. The van der Waals surface area contributed by atoms with Gasteiger partial charge in [-0.25, -0.2) is 0 Å². The summed E-state index contributed by atoms with van der Waals surface area (Å²) in [6, 6.07) is 12.6. The SMILES string of the molecule is COc1ccc2c(c1)c(C(=O)Nc1ccc(Br)cc1)cn2C(C)=O. The lowest BCUT2D eigenvalue weighted by Gasteiger charge is -2.05. The highest BCUT2D eigenvalue weighted by Crippen LogP contribution is 2.27. The molecule has 122 valence electrons. The van der Waals surface area contributed by atoms with Gasteiger partial charge in [0.05, 0.1) is 18.2 Å². The molecule has 0 fully saturated rings. The van der Waals surface area contributed by atoms with E-state index in [0.29, 0.717) is 27.9 Å². The molecule has 0 aliphatic rings. The molecule has 0 unspecified atom stereocenters. The minimum atomic E-state index is -0.282. The molecule has 1 heterocycles. The first kappa shape index (κ1) is 16.3. The molecule has 1 N–H and O–H groups in total. The van der Waals surface area contributed by atoms with Crippen molar-refractivity contribution in [2.45, 2.75) is 6.92 Å². The average molecular weight is 387 g/mol. The first-order valence-corrected chi connectivity index (χ1v) is 8.06. The summed E-state index contributed by atoms with van der Waals surface area (Å²) >= 11 is 3.36. The number of halogens is 1. The molecule has 6 heteroatoms. The molecule has 1 amide bonds. The Bertz CT molecular complexity index is 929. The van der Waals surface area contributed by atoms with Crippen molar-refractivity contribution < 1.29 is 14.3 Å². The zero-order valence-electron chi connectivity index (χ0n) is 13.2. The van der Waals surface area contributed by atoms with Crippen LogP contribution in [0.2, 0.25) is 0 Å². The molecular weight excluding hydrogens is 372 g/mol. The molecule has 2 aromatic carbocycles. The molecule has 0 aliphatic carbocycles. The van der Waals surface area contributed by atoms with Crippen LogP contribution in [0.1, 0.15) is 22.1 Å². The smallest absolute Gasteiger partial charge is 0.257 e. The van der Waals surface area contributed by atoms with Crippen molar-refractivity contribution in [3.05, 3.63) is 58.7 Å². The van der Waals surface area contributed by atoms with Crippen LogP contribution < -0.4 is 10.1 Å². The van der Waals surface area contributed by atoms with Crippen LogP contribution in [-0.2, 0) is 0 Å². The zero-order chi connectivity index (χ0) is 17.3. The number of ether oxygens (including phenoxy) is 1. The summed E-state index contributed by atoms with van der Waals surface area (Å²) in [7, 11) is 1.56. The van der Waals surface area contributed by atoms with Crippen molar-refractivity contribution in [2.24, 2.45) is 0 Å². The molecule has 0 spiro atoms. The van der Waals surface area contributed by atoms with Gasteiger partial charge < -0.3 is 10.1 Å². The Hall–Kier alpha value is -2.60. The fourth-order valence-corrected chi connectivity index (χ4v) is 2.77. The van der Waals surface area contributed by atoms with Gasteiger partial charge in [0.15, 0.2) is 0 Å². The molecule has 3 aromatic rings. The number of rotatable bonds is 3. The minimum absolute atomic E-state index is 0.159. The maximum absolute atomic E-state index is 12.7. The molecule has 24 heavy (non-hydrogen) atoms. The first-order chi connectivity index (χ1) is 11.5. The lowest BCUT2D eigenvalue weighted by Crippen LogP contribution is -2.11. The third-order valence-electron chi connectivity index (χ3n) is 3.70. The largest absolute Gasteiger partial charge is 0.497 e. The van der Waals surface area contributed by atoms with Gasteiger partial charge in [-0.3, -0.25) is 14.2 Å². The predicted molar refractivity (Wildman–Crippen MR) is 96.9 cm³/mol. The van der Waals surface area contributed by atoms with E-state index in [1.54, 1.807) is 43.6 Å². The van der Waals surface area contributed by atoms with Crippen LogP contribution in [0.15, 0.2) is 53.1 Å². The Balaban J connectivity index is 2.05. The topological polar surface area (TPSA) is 60.3 Å². The highest BCUT2D eigenvalue weighted by Gasteiger charge is 2.17. The molecule has 0 radical (unpaired) electrons. The van der Waals surface area contributed by atoms with Gasteiger partial charge in [-0.1, -0.05) is 15.9 Å². The number of fused-ring (bicyclic) bond motifs is 1. The van der Waals surface area contributed by atoms with Crippen LogP contribution in [-0.4, -0.2) is 23.5 Å². The van der Waals surface area contributed by atoms with E-state index in [1.165, 1.54) is 11.5 Å². The van der Waals surface area contributed by atoms with E-state index in [2.05, 4.69) is 21.2 Å². The molecule has 5 nitrogen and oxygen atoms in total. The van der Waals surface area contributed by atoms with Gasteiger partial charge in [-0.15, -0.1) is 0 Å². The molecule has 0 saturated heterocycles. The Morgan fingerprint density at radius 2 is 1.83 bits per heavy atom. The molecule has 0 bridgehead atoms. The van der Waals surface area contributed by atoms with Crippen molar-refractivity contribution in [1.82, 2.24) is 4.57 Å². The summed E-state index contributed by atoms with van der Waals surface area (Å²) in [5, 5.41) is 3.51. The van der Waals surface area contributed by atoms with Gasteiger partial charge in [0.1, 0.15) is 5.75 Å². The summed E-state index contributed by atoms with van der Waals surface area (Å²) in [4.78, 5) is 24.5. The van der Waals surface area contributed by atoms with Gasteiger partial charge in [0, 0.05) is 28.7 Å². The number of nitrogens with one attached hydrogen (secondary N) is 1. The van der Waals surface area contributed by atoms with E-state index >= 15 is 0 Å². The Kier molecular flexibility index (Phi) is 4.40. The van der Waals surface area contributed by atoms with Crippen molar-refractivity contribution in [1.29, 1.82) is 0 Å². The molecule has 1 aromatic heterocycles. The zero-order valence-corrected chi connectivity index (χ0v) is 14.8. The number of hydrogen-bond acceptors (Lipinski definition) is 3. The second-order valence-corrected chi connectivity index (χ2v) is 6.19. The number of aromatic nitrogens is 1. The molecule has 3 rings (SSSR count). The Morgan fingerprint density at radius 1 is 1.12 bits per heavy atom. The number of benzene rings is 2. The van der Waals surface area contributed by atoms with Crippen LogP contribution in [0.3, 0.4) is 0 Å². The first-order valence-electron chi connectivity index (χ1n) is 7.26. The number of methoxy groups -OCH3 is 1. The molecule has 0 saturated carbocycles. The third kappa shape index (κ3) is 3.05. The van der Waals surface area contributed by atoms with E-state index in [0.717, 1.165) is 4.47 Å². The van der Waals surface area contributed by atoms with Gasteiger partial charge in [0.2, 0.25) is 5.91 Å². The van der Waals surface area contributed by atoms with E-state index in [4.69, 9.17) is 4.74 Å². The molecule has 0 aliphatic heterocycles. The fraction of sp³-hybridized carbons (Fsp3) is 0.111. The number of carbonyl (C=O) groups is 2. The van der Waals surface area contributed by atoms with Crippen LogP contribution in [0, 0.1) is 0 Å². The second-order valence-electron chi connectivity index (χ2n) is 5.28. The van der Waals surface area contributed by atoms with E-state index in [1.807, 2.05) is 12.1 Å². The second kappa shape index (κ2) is 6.49. The van der Waals surface area contributed by atoms with Gasteiger partial charge in [-0.2, -0.15) is 0 Å². The number of nitrogens with zero attached hydrogens (tertiary/aromatic N) is 1. The van der Waals surface area contributed by atoms with Gasteiger partial charge in [0.25, 0.3) is 5.91 Å². The standard InChI is InChI=1S/C18H15BrN2O3/c1-11(22)21-10-16(15-9-14(24-2)7-8-17(15)21)18(23)20-13-5-3-12(19)4-6-13/h3-10H,1-2H3,(H,20,23). The lowest BCUT2D eigenvalue weighted by atomic mass is 10.1. The summed E-state index contributed by atoms with van der Waals surface area (Å²) in [6.07, 6.45) is 1.56. The maximum atomic E-state index is 12.7. The number of amides is 1. The molecular formula is C18H15BrN2O3. The highest BCUT2D eigenvalue weighted by atomic mass is 79.9. The number of hydrogen-bond donors (Lipinski definition) is 1. The van der Waals surface area contributed by atoms with Crippen molar-refractivity contribution in [3.63, 3.8) is 0 Å². The van der Waals surface area contributed by atoms with E-state index in [9.17, 15) is 9.59 Å². The maximum Gasteiger partial charge on any atom is 0.257 e. The van der Waals surface area contributed by atoms with Crippen molar-refractivity contribution >= 4 is 44.3 Å². The summed E-state index contributed by atoms with van der Waals surface area (Å²) in [5.41, 5.74) is 1.76. The van der Waals surface area contributed by atoms with Crippen LogP contribution in [0.5, 0.6) is 5.75 Å². The van der Waals surface area contributed by atoms with Crippen LogP contribution in [0.4, 0.5) is 5.69 Å². The van der Waals surface area contributed by atoms with Crippen molar-refractivity contribution in [2.75, 3.05) is 12.4 Å². The third-order valence-corrected chi connectivity index (χ3v) is 4.23. The van der Waals surface area contributed by atoms with Gasteiger partial charge >= 0.3 is 0 Å². The number of anilines is 1. The summed E-state index contributed by atoms with van der Waals surface area (Å²) < 4.78 is 7.62. The van der Waals surface area contributed by atoms with Gasteiger partial charge in [-0.05, 0) is 42.5 Å². The Labute approximate surface area is 147 Å².